The fraction of sp³-hybridized carbons (Fsp3) is 0.500. The average Bonchev–Trinajstić information content (AvgIpc) is 3.21. The molecule has 1 fully saturated rings. The first-order valence-corrected chi connectivity index (χ1v) is 8.51. The predicted molar refractivity (Wildman–Crippen MR) is 89.3 cm³/mol. The van der Waals surface area contributed by atoms with Gasteiger partial charge in [0.15, 0.2) is 5.65 Å². The summed E-state index contributed by atoms with van der Waals surface area (Å²) in [6.07, 6.45) is -4.61. The largest absolute Gasteiger partial charge is 0.470 e. The van der Waals surface area contributed by atoms with Gasteiger partial charge < -0.3 is 9.32 Å². The Morgan fingerprint density at radius 1 is 1.07 bits per heavy atom. The van der Waals surface area contributed by atoms with E-state index in [1.54, 1.807) is 0 Å². The molecule has 0 aliphatic carbocycles. The monoisotopic (exact) mass is 381 g/mol. The minimum absolute atomic E-state index is 0.0279. The summed E-state index contributed by atoms with van der Waals surface area (Å²) in [5.74, 6) is -0.487. The van der Waals surface area contributed by atoms with Crippen molar-refractivity contribution in [1.29, 1.82) is 0 Å². The minimum atomic E-state index is -4.61. The fourth-order valence-electron chi connectivity index (χ4n) is 3.07. The van der Waals surface area contributed by atoms with Crippen LogP contribution in [0.25, 0.3) is 5.65 Å². The summed E-state index contributed by atoms with van der Waals surface area (Å²) in [6.45, 7) is 6.84. The van der Waals surface area contributed by atoms with Crippen LogP contribution in [0.5, 0.6) is 0 Å². The Labute approximate surface area is 152 Å². The van der Waals surface area contributed by atoms with E-state index in [0.717, 1.165) is 22.9 Å². The predicted octanol–water partition coefficient (Wildman–Crippen LogP) is 2.07. The Bertz CT molecular complexity index is 957. The van der Waals surface area contributed by atoms with Crippen molar-refractivity contribution in [2.24, 2.45) is 0 Å². The molecule has 3 aromatic heterocycles. The Morgan fingerprint density at radius 2 is 1.81 bits per heavy atom. The summed E-state index contributed by atoms with van der Waals surface area (Å²) in [5, 5.41) is 11.2. The van der Waals surface area contributed by atoms with Crippen molar-refractivity contribution in [1.82, 2.24) is 29.7 Å². The van der Waals surface area contributed by atoms with E-state index < -0.39 is 12.1 Å². The van der Waals surface area contributed by atoms with Gasteiger partial charge in [-0.25, -0.2) is 9.50 Å². The van der Waals surface area contributed by atoms with Crippen LogP contribution >= 0.6 is 0 Å². The average molecular weight is 381 g/mol. The smallest absolute Gasteiger partial charge is 0.416 e. The van der Waals surface area contributed by atoms with Crippen molar-refractivity contribution in [2.75, 3.05) is 31.1 Å². The fourth-order valence-corrected chi connectivity index (χ4v) is 3.07. The second-order valence-electron chi connectivity index (χ2n) is 6.51. The van der Waals surface area contributed by atoms with Crippen LogP contribution in [0.1, 0.15) is 23.2 Å². The molecule has 0 unspecified atom stereocenters. The summed E-state index contributed by atoms with van der Waals surface area (Å²) in [4.78, 5) is 8.57. The van der Waals surface area contributed by atoms with Crippen LogP contribution in [0.15, 0.2) is 16.5 Å². The van der Waals surface area contributed by atoms with E-state index in [-0.39, 0.29) is 12.4 Å². The summed E-state index contributed by atoms with van der Waals surface area (Å²) in [7, 11) is 0. The molecule has 0 saturated carbocycles. The molecule has 27 heavy (non-hydrogen) atoms. The second-order valence-corrected chi connectivity index (χ2v) is 6.51. The van der Waals surface area contributed by atoms with E-state index in [4.69, 9.17) is 4.42 Å². The molecule has 0 N–H and O–H groups in total. The van der Waals surface area contributed by atoms with E-state index in [2.05, 4.69) is 25.2 Å². The molecule has 1 saturated heterocycles. The number of halogens is 3. The Morgan fingerprint density at radius 3 is 2.48 bits per heavy atom. The van der Waals surface area contributed by atoms with Gasteiger partial charge in [-0.05, 0) is 26.0 Å². The number of fused-ring (bicyclic) bond motifs is 1. The number of anilines is 1. The number of nitrogens with zero attached hydrogens (tertiary/aromatic N) is 7. The van der Waals surface area contributed by atoms with Gasteiger partial charge in [-0.15, -0.1) is 15.3 Å². The molecule has 0 atom stereocenters. The van der Waals surface area contributed by atoms with Crippen LogP contribution in [0.4, 0.5) is 19.0 Å². The van der Waals surface area contributed by atoms with Crippen LogP contribution in [-0.2, 0) is 12.7 Å². The number of alkyl halides is 3. The van der Waals surface area contributed by atoms with Gasteiger partial charge in [0.1, 0.15) is 5.82 Å². The van der Waals surface area contributed by atoms with Crippen LogP contribution in [0.3, 0.4) is 0 Å². The molecule has 0 radical (unpaired) electrons. The molecule has 1 aliphatic rings. The minimum Gasteiger partial charge on any atom is -0.416 e. The van der Waals surface area contributed by atoms with Gasteiger partial charge in [0.25, 0.3) is 0 Å². The number of hydrogen-bond donors (Lipinski definition) is 0. The molecule has 4 heterocycles. The van der Waals surface area contributed by atoms with Crippen molar-refractivity contribution in [2.45, 2.75) is 26.6 Å². The maximum Gasteiger partial charge on any atom is 0.470 e. The highest BCUT2D eigenvalue weighted by atomic mass is 19.4. The van der Waals surface area contributed by atoms with Crippen LogP contribution < -0.4 is 4.90 Å². The zero-order valence-corrected chi connectivity index (χ0v) is 14.9. The highest BCUT2D eigenvalue weighted by molar-refractivity contribution is 5.48. The third-order valence-electron chi connectivity index (χ3n) is 4.69. The summed E-state index contributed by atoms with van der Waals surface area (Å²) >= 11 is 0. The summed E-state index contributed by atoms with van der Waals surface area (Å²) < 4.78 is 44.1. The number of imidazole rings is 1. The zero-order chi connectivity index (χ0) is 19.2. The Balaban J connectivity index is 1.40. The summed E-state index contributed by atoms with van der Waals surface area (Å²) in [6, 6.07) is 3.87. The first-order chi connectivity index (χ1) is 12.8. The molecule has 3 aromatic rings. The zero-order valence-electron chi connectivity index (χ0n) is 14.9. The van der Waals surface area contributed by atoms with E-state index in [1.165, 1.54) is 0 Å². The number of piperazine rings is 1. The lowest BCUT2D eigenvalue weighted by Gasteiger charge is -2.34. The number of aryl methyl sites for hydroxylation is 2. The Hall–Kier alpha value is -2.69. The van der Waals surface area contributed by atoms with Gasteiger partial charge >= 0.3 is 12.1 Å². The molecular formula is C16H18F3N7O. The van der Waals surface area contributed by atoms with Gasteiger partial charge in [-0.2, -0.15) is 13.2 Å². The van der Waals surface area contributed by atoms with Gasteiger partial charge in [0, 0.05) is 26.2 Å². The van der Waals surface area contributed by atoms with Crippen LogP contribution in [0, 0.1) is 13.8 Å². The van der Waals surface area contributed by atoms with E-state index in [0.29, 0.717) is 26.2 Å². The van der Waals surface area contributed by atoms with Crippen LogP contribution in [-0.4, -0.2) is 55.9 Å². The number of aromatic nitrogens is 5. The normalized spacial score (nSPS) is 16.4. The van der Waals surface area contributed by atoms with Gasteiger partial charge in [-0.3, -0.25) is 4.90 Å². The van der Waals surface area contributed by atoms with Gasteiger partial charge in [-0.1, -0.05) is 0 Å². The molecule has 4 rings (SSSR count). The molecule has 11 heteroatoms. The molecule has 0 aromatic carbocycles. The highest BCUT2D eigenvalue weighted by Gasteiger charge is 2.38. The second kappa shape index (κ2) is 6.48. The third kappa shape index (κ3) is 3.46. The molecule has 0 amide bonds. The molecule has 144 valence electrons. The van der Waals surface area contributed by atoms with Crippen molar-refractivity contribution in [3.8, 4) is 0 Å². The van der Waals surface area contributed by atoms with Gasteiger partial charge in [0.2, 0.25) is 5.89 Å². The number of hydrogen-bond acceptors (Lipinski definition) is 7. The standard InChI is InChI=1S/C16H18F3N7O/c1-10-11(2)26-12(20-10)3-4-13(23-26)25-7-5-24(6-8-25)9-14-21-22-15(27-14)16(17,18)19/h3-4H,5-9H2,1-2H3. The quantitative estimate of drug-likeness (QED) is 0.687. The van der Waals surface area contributed by atoms with Crippen molar-refractivity contribution in [3.05, 3.63) is 35.3 Å². The first kappa shape index (κ1) is 17.7. The molecule has 1 aliphatic heterocycles. The van der Waals surface area contributed by atoms with Crippen molar-refractivity contribution < 1.29 is 17.6 Å². The maximum atomic E-state index is 12.5. The first-order valence-electron chi connectivity index (χ1n) is 8.51. The Kier molecular flexibility index (Phi) is 4.25. The third-order valence-corrected chi connectivity index (χ3v) is 4.69. The highest BCUT2D eigenvalue weighted by Crippen LogP contribution is 2.28. The number of rotatable bonds is 3. The van der Waals surface area contributed by atoms with Crippen LogP contribution in [0.2, 0.25) is 0 Å². The topological polar surface area (TPSA) is 75.6 Å². The SMILES string of the molecule is Cc1nc2ccc(N3CCN(Cc4nnc(C(F)(F)F)o4)CC3)nn2c1C. The maximum absolute atomic E-state index is 12.5. The molecule has 0 bridgehead atoms. The lowest BCUT2D eigenvalue weighted by molar-refractivity contribution is -0.157. The molecule has 8 nitrogen and oxygen atoms in total. The lowest BCUT2D eigenvalue weighted by atomic mass is 10.3. The lowest BCUT2D eigenvalue weighted by Crippen LogP contribution is -2.46. The molecule has 0 spiro atoms. The van der Waals surface area contributed by atoms with E-state index in [1.807, 2.05) is 35.4 Å². The van der Waals surface area contributed by atoms with E-state index in [9.17, 15) is 13.2 Å². The van der Waals surface area contributed by atoms with Crippen molar-refractivity contribution >= 4 is 11.5 Å². The summed E-state index contributed by atoms with van der Waals surface area (Å²) in [5.41, 5.74) is 2.76. The van der Waals surface area contributed by atoms with E-state index >= 15 is 0 Å². The van der Waals surface area contributed by atoms with Gasteiger partial charge in [0.05, 0.1) is 17.9 Å². The molecular weight excluding hydrogens is 363 g/mol. The van der Waals surface area contributed by atoms with Crippen molar-refractivity contribution in [3.63, 3.8) is 0 Å².